The number of nitro benzene ring substituents is 1. The number of nitro groups is 1. The molecule has 1 unspecified atom stereocenters. The summed E-state index contributed by atoms with van der Waals surface area (Å²) in [5.74, 6) is 0. The van der Waals surface area contributed by atoms with Crippen LogP contribution in [0.5, 0.6) is 0 Å². The SMILES string of the molecule is CCCCCCCCNCC(O)c1ccc([N+](=O)[O-])cc1. The largest absolute Gasteiger partial charge is 0.387 e. The van der Waals surface area contributed by atoms with E-state index < -0.39 is 11.0 Å². The van der Waals surface area contributed by atoms with Gasteiger partial charge in [-0.15, -0.1) is 0 Å². The van der Waals surface area contributed by atoms with Gasteiger partial charge in [0.1, 0.15) is 0 Å². The van der Waals surface area contributed by atoms with Crippen LogP contribution in [0.1, 0.15) is 57.1 Å². The summed E-state index contributed by atoms with van der Waals surface area (Å²) in [5.41, 5.74) is 0.752. The highest BCUT2D eigenvalue weighted by Gasteiger charge is 2.09. The molecule has 1 rings (SSSR count). The average molecular weight is 294 g/mol. The fourth-order valence-corrected chi connectivity index (χ4v) is 2.21. The maximum absolute atomic E-state index is 10.6. The van der Waals surface area contributed by atoms with Crippen LogP contribution in [0, 0.1) is 10.1 Å². The van der Waals surface area contributed by atoms with Gasteiger partial charge in [-0.2, -0.15) is 0 Å². The summed E-state index contributed by atoms with van der Waals surface area (Å²) in [5, 5.41) is 23.8. The van der Waals surface area contributed by atoms with Crippen molar-refractivity contribution in [2.24, 2.45) is 0 Å². The van der Waals surface area contributed by atoms with Crippen LogP contribution in [0.15, 0.2) is 24.3 Å². The van der Waals surface area contributed by atoms with Crippen molar-refractivity contribution in [3.63, 3.8) is 0 Å². The summed E-state index contributed by atoms with van der Waals surface area (Å²) in [6, 6.07) is 6.06. The fourth-order valence-electron chi connectivity index (χ4n) is 2.21. The number of aliphatic hydroxyl groups is 1. The molecular weight excluding hydrogens is 268 g/mol. The number of hydrogen-bond donors (Lipinski definition) is 2. The summed E-state index contributed by atoms with van der Waals surface area (Å²) in [6.45, 7) is 3.59. The van der Waals surface area contributed by atoms with E-state index in [1.807, 2.05) is 0 Å². The molecule has 1 aromatic carbocycles. The minimum atomic E-state index is -0.620. The van der Waals surface area contributed by atoms with Crippen LogP contribution in [-0.4, -0.2) is 23.1 Å². The molecule has 1 atom stereocenters. The lowest BCUT2D eigenvalue weighted by Crippen LogP contribution is -2.22. The van der Waals surface area contributed by atoms with Crippen LogP contribution in [0.2, 0.25) is 0 Å². The van der Waals surface area contributed by atoms with Gasteiger partial charge in [0, 0.05) is 18.7 Å². The van der Waals surface area contributed by atoms with Crippen molar-refractivity contribution in [1.82, 2.24) is 5.32 Å². The molecule has 118 valence electrons. The summed E-state index contributed by atoms with van der Waals surface area (Å²) >= 11 is 0. The van der Waals surface area contributed by atoms with Crippen LogP contribution >= 0.6 is 0 Å². The van der Waals surface area contributed by atoms with Gasteiger partial charge in [-0.3, -0.25) is 10.1 Å². The van der Waals surface area contributed by atoms with E-state index in [-0.39, 0.29) is 5.69 Å². The van der Waals surface area contributed by atoms with Gasteiger partial charge in [-0.25, -0.2) is 0 Å². The number of non-ortho nitro benzene ring substituents is 1. The second-order valence-electron chi connectivity index (χ2n) is 5.34. The Morgan fingerprint density at radius 3 is 2.38 bits per heavy atom. The van der Waals surface area contributed by atoms with Crippen LogP contribution < -0.4 is 5.32 Å². The number of nitrogens with zero attached hydrogens (tertiary/aromatic N) is 1. The van der Waals surface area contributed by atoms with Gasteiger partial charge >= 0.3 is 0 Å². The zero-order valence-electron chi connectivity index (χ0n) is 12.8. The Hall–Kier alpha value is -1.46. The zero-order valence-corrected chi connectivity index (χ0v) is 12.8. The van der Waals surface area contributed by atoms with E-state index in [2.05, 4.69) is 12.2 Å². The number of nitrogens with one attached hydrogen (secondary N) is 1. The Labute approximate surface area is 126 Å². The minimum absolute atomic E-state index is 0.0472. The number of rotatable bonds is 11. The highest BCUT2D eigenvalue weighted by atomic mass is 16.6. The monoisotopic (exact) mass is 294 g/mol. The molecule has 5 nitrogen and oxygen atoms in total. The van der Waals surface area contributed by atoms with Gasteiger partial charge in [0.25, 0.3) is 5.69 Å². The molecule has 2 N–H and O–H groups in total. The first-order valence-electron chi connectivity index (χ1n) is 7.78. The smallest absolute Gasteiger partial charge is 0.269 e. The average Bonchev–Trinajstić information content (AvgIpc) is 2.49. The van der Waals surface area contributed by atoms with E-state index in [9.17, 15) is 15.2 Å². The molecule has 0 fully saturated rings. The van der Waals surface area contributed by atoms with E-state index in [1.54, 1.807) is 12.1 Å². The molecule has 1 aromatic rings. The fraction of sp³-hybridized carbons (Fsp3) is 0.625. The molecule has 0 heterocycles. The zero-order chi connectivity index (χ0) is 15.5. The van der Waals surface area contributed by atoms with E-state index in [0.717, 1.165) is 13.0 Å². The van der Waals surface area contributed by atoms with Crippen molar-refractivity contribution in [3.8, 4) is 0 Å². The van der Waals surface area contributed by atoms with Crippen molar-refractivity contribution in [1.29, 1.82) is 0 Å². The molecule has 0 radical (unpaired) electrons. The summed E-state index contributed by atoms with van der Waals surface area (Å²) in [7, 11) is 0. The maximum atomic E-state index is 10.6. The van der Waals surface area contributed by atoms with Gasteiger partial charge in [-0.05, 0) is 30.7 Å². The first-order valence-corrected chi connectivity index (χ1v) is 7.78. The van der Waals surface area contributed by atoms with Crippen LogP contribution in [-0.2, 0) is 0 Å². The predicted octanol–water partition coefficient (Wildman–Crippen LogP) is 3.58. The van der Waals surface area contributed by atoms with E-state index >= 15 is 0 Å². The third-order valence-corrected chi connectivity index (χ3v) is 3.53. The number of unbranched alkanes of at least 4 members (excludes halogenated alkanes) is 5. The molecule has 0 amide bonds. The first-order chi connectivity index (χ1) is 10.1. The van der Waals surface area contributed by atoms with Crippen LogP contribution in [0.3, 0.4) is 0 Å². The maximum Gasteiger partial charge on any atom is 0.269 e. The van der Waals surface area contributed by atoms with E-state index in [1.165, 1.54) is 44.2 Å². The number of benzene rings is 1. The van der Waals surface area contributed by atoms with E-state index in [0.29, 0.717) is 12.1 Å². The normalized spacial score (nSPS) is 12.3. The molecule has 0 spiro atoms. The molecule has 0 bridgehead atoms. The van der Waals surface area contributed by atoms with Gasteiger partial charge < -0.3 is 10.4 Å². The molecule has 0 aliphatic heterocycles. The standard InChI is InChI=1S/C16H26N2O3/c1-2-3-4-5-6-7-12-17-13-16(19)14-8-10-15(11-9-14)18(20)21/h8-11,16-17,19H,2-7,12-13H2,1H3. The van der Waals surface area contributed by atoms with E-state index in [4.69, 9.17) is 0 Å². The summed E-state index contributed by atoms with van der Waals surface area (Å²) in [4.78, 5) is 10.1. The summed E-state index contributed by atoms with van der Waals surface area (Å²) in [6.07, 6.45) is 6.89. The van der Waals surface area contributed by atoms with Crippen LogP contribution in [0.4, 0.5) is 5.69 Å². The topological polar surface area (TPSA) is 75.4 Å². The van der Waals surface area contributed by atoms with Crippen LogP contribution in [0.25, 0.3) is 0 Å². The molecule has 0 saturated heterocycles. The third kappa shape index (κ3) is 7.20. The van der Waals surface area contributed by atoms with Gasteiger partial charge in [0.2, 0.25) is 0 Å². The van der Waals surface area contributed by atoms with Gasteiger partial charge in [0.05, 0.1) is 11.0 Å². The second kappa shape index (κ2) is 10.3. The predicted molar refractivity (Wildman–Crippen MR) is 84.3 cm³/mol. The second-order valence-corrected chi connectivity index (χ2v) is 5.34. The molecule has 5 heteroatoms. The molecular formula is C16H26N2O3. The van der Waals surface area contributed by atoms with Crippen molar-refractivity contribution in [2.75, 3.05) is 13.1 Å². The van der Waals surface area contributed by atoms with Crippen molar-refractivity contribution >= 4 is 5.69 Å². The minimum Gasteiger partial charge on any atom is -0.387 e. The molecule has 21 heavy (non-hydrogen) atoms. The Kier molecular flexibility index (Phi) is 8.62. The quantitative estimate of drug-likeness (QED) is 0.371. The Balaban J connectivity index is 2.15. The van der Waals surface area contributed by atoms with Gasteiger partial charge in [0.15, 0.2) is 0 Å². The number of hydrogen-bond acceptors (Lipinski definition) is 4. The lowest BCUT2D eigenvalue weighted by Gasteiger charge is -2.12. The Morgan fingerprint density at radius 1 is 1.14 bits per heavy atom. The highest BCUT2D eigenvalue weighted by molar-refractivity contribution is 5.33. The lowest BCUT2D eigenvalue weighted by molar-refractivity contribution is -0.384. The molecule has 0 aliphatic carbocycles. The number of aliphatic hydroxyl groups excluding tert-OH is 1. The Bertz CT molecular complexity index is 406. The third-order valence-electron chi connectivity index (χ3n) is 3.53. The van der Waals surface area contributed by atoms with Gasteiger partial charge in [-0.1, -0.05) is 39.0 Å². The van der Waals surface area contributed by atoms with Crippen molar-refractivity contribution < 1.29 is 10.0 Å². The Morgan fingerprint density at radius 2 is 1.76 bits per heavy atom. The van der Waals surface area contributed by atoms with Crippen molar-refractivity contribution in [3.05, 3.63) is 39.9 Å². The van der Waals surface area contributed by atoms with Crippen molar-refractivity contribution in [2.45, 2.75) is 51.6 Å². The molecule has 0 aliphatic rings. The highest BCUT2D eigenvalue weighted by Crippen LogP contribution is 2.17. The summed E-state index contributed by atoms with van der Waals surface area (Å²) < 4.78 is 0. The first kappa shape index (κ1) is 17.6. The lowest BCUT2D eigenvalue weighted by atomic mass is 10.1. The molecule has 0 saturated carbocycles. The molecule has 0 aromatic heterocycles.